The van der Waals surface area contributed by atoms with E-state index in [4.69, 9.17) is 9.88 Å². The molecule has 0 saturated carbocycles. The molecule has 0 aliphatic carbocycles. The van der Waals surface area contributed by atoms with E-state index in [0.29, 0.717) is 12.2 Å². The lowest BCUT2D eigenvalue weighted by atomic mass is 10.1. The summed E-state index contributed by atoms with van der Waals surface area (Å²) < 4.78 is 28.4. The Morgan fingerprint density at radius 3 is 2.39 bits per heavy atom. The minimum Gasteiger partial charge on any atom is -0.493 e. The molecule has 0 spiro atoms. The van der Waals surface area contributed by atoms with Gasteiger partial charge < -0.3 is 4.74 Å². The zero-order chi connectivity index (χ0) is 13.8. The summed E-state index contributed by atoms with van der Waals surface area (Å²) >= 11 is 0. The van der Waals surface area contributed by atoms with Crippen LogP contribution in [0.1, 0.15) is 37.3 Å². The normalized spacial score (nSPS) is 11.6. The molecule has 0 aliphatic rings. The first kappa shape index (κ1) is 15.0. The molecule has 0 heterocycles. The molecule has 1 aromatic rings. The number of hydrogen-bond acceptors (Lipinski definition) is 3. The smallest absolute Gasteiger partial charge is 0.238 e. The lowest BCUT2D eigenvalue weighted by Crippen LogP contribution is -2.14. The first-order valence-electron chi connectivity index (χ1n) is 6.13. The van der Waals surface area contributed by atoms with Gasteiger partial charge in [-0.05, 0) is 43.5 Å². The zero-order valence-corrected chi connectivity index (χ0v) is 12.0. The Labute approximate surface area is 109 Å². The average molecular weight is 271 g/mol. The van der Waals surface area contributed by atoms with Gasteiger partial charge >= 0.3 is 0 Å². The van der Waals surface area contributed by atoms with E-state index >= 15 is 0 Å². The van der Waals surface area contributed by atoms with E-state index in [-0.39, 0.29) is 4.90 Å². The zero-order valence-electron chi connectivity index (χ0n) is 11.2. The number of unbranched alkanes of at least 4 members (excludes halogenated alkanes) is 2. The predicted octanol–water partition coefficient (Wildman–Crippen LogP) is 2.52. The molecule has 0 bridgehead atoms. The molecule has 0 atom stereocenters. The molecule has 1 aromatic carbocycles. The molecule has 0 amide bonds. The fourth-order valence-electron chi connectivity index (χ4n) is 1.77. The number of benzene rings is 1. The van der Waals surface area contributed by atoms with Crippen LogP contribution in [0.5, 0.6) is 5.75 Å². The highest BCUT2D eigenvalue weighted by atomic mass is 32.2. The Bertz CT molecular complexity index is 509. The van der Waals surface area contributed by atoms with Crippen molar-refractivity contribution >= 4 is 10.0 Å². The number of primary sulfonamides is 1. The summed E-state index contributed by atoms with van der Waals surface area (Å²) in [6.07, 6.45) is 3.28. The van der Waals surface area contributed by atoms with Crippen LogP contribution < -0.4 is 9.88 Å². The number of hydrogen-bond donors (Lipinski definition) is 1. The fourth-order valence-corrected chi connectivity index (χ4v) is 2.61. The second-order valence-electron chi connectivity index (χ2n) is 4.41. The first-order valence-corrected chi connectivity index (χ1v) is 7.68. The van der Waals surface area contributed by atoms with Gasteiger partial charge in [-0.15, -0.1) is 0 Å². The van der Waals surface area contributed by atoms with Crippen LogP contribution in [0.3, 0.4) is 0 Å². The molecule has 0 aromatic heterocycles. The van der Waals surface area contributed by atoms with E-state index in [1.54, 1.807) is 13.0 Å². The van der Waals surface area contributed by atoms with E-state index in [2.05, 4.69) is 6.92 Å². The van der Waals surface area contributed by atoms with Gasteiger partial charge in [-0.3, -0.25) is 0 Å². The Hall–Kier alpha value is -1.07. The Balaban J connectivity index is 2.88. The van der Waals surface area contributed by atoms with Crippen LogP contribution in [0.15, 0.2) is 17.0 Å². The van der Waals surface area contributed by atoms with Crippen molar-refractivity contribution in [2.45, 2.75) is 44.9 Å². The predicted molar refractivity (Wildman–Crippen MR) is 72.3 cm³/mol. The van der Waals surface area contributed by atoms with Crippen molar-refractivity contribution < 1.29 is 13.2 Å². The van der Waals surface area contributed by atoms with Crippen LogP contribution in [0.25, 0.3) is 0 Å². The van der Waals surface area contributed by atoms with Crippen LogP contribution in [0.2, 0.25) is 0 Å². The molecule has 5 heteroatoms. The summed E-state index contributed by atoms with van der Waals surface area (Å²) in [6, 6.07) is 3.18. The molecule has 4 nitrogen and oxygen atoms in total. The molecule has 18 heavy (non-hydrogen) atoms. The number of nitrogens with two attached hydrogens (primary N) is 1. The summed E-state index contributed by atoms with van der Waals surface area (Å²) in [5, 5.41) is 5.15. The van der Waals surface area contributed by atoms with Crippen molar-refractivity contribution in [3.05, 3.63) is 23.3 Å². The maximum atomic E-state index is 11.4. The molecule has 0 aliphatic heterocycles. The molecule has 0 unspecified atom stereocenters. The van der Waals surface area contributed by atoms with E-state index in [1.165, 1.54) is 6.07 Å². The van der Waals surface area contributed by atoms with Crippen molar-refractivity contribution in [3.8, 4) is 5.75 Å². The van der Waals surface area contributed by atoms with Gasteiger partial charge in [0, 0.05) is 0 Å². The van der Waals surface area contributed by atoms with Crippen molar-refractivity contribution in [2.75, 3.05) is 6.61 Å². The number of ether oxygens (including phenoxy) is 1. The highest BCUT2D eigenvalue weighted by Crippen LogP contribution is 2.26. The van der Waals surface area contributed by atoms with Gasteiger partial charge in [0.2, 0.25) is 10.0 Å². The second kappa shape index (κ2) is 6.20. The Kier molecular flexibility index (Phi) is 5.16. The van der Waals surface area contributed by atoms with Crippen molar-refractivity contribution in [1.82, 2.24) is 0 Å². The molecule has 0 saturated heterocycles. The fraction of sp³-hybridized carbons (Fsp3) is 0.538. The quantitative estimate of drug-likeness (QED) is 0.808. The van der Waals surface area contributed by atoms with Gasteiger partial charge in [0.1, 0.15) is 5.75 Å². The Morgan fingerprint density at radius 2 is 1.83 bits per heavy atom. The summed E-state index contributed by atoms with van der Waals surface area (Å²) in [6.45, 7) is 6.38. The molecule has 1 rings (SSSR count). The van der Waals surface area contributed by atoms with Gasteiger partial charge in [0.05, 0.1) is 11.5 Å². The van der Waals surface area contributed by atoms with Crippen LogP contribution >= 0.6 is 0 Å². The number of sulfonamides is 1. The van der Waals surface area contributed by atoms with E-state index in [9.17, 15) is 8.42 Å². The topological polar surface area (TPSA) is 69.4 Å². The van der Waals surface area contributed by atoms with Crippen LogP contribution in [0.4, 0.5) is 0 Å². The third-order valence-corrected chi connectivity index (χ3v) is 4.06. The van der Waals surface area contributed by atoms with Crippen LogP contribution in [0, 0.1) is 13.8 Å². The largest absolute Gasteiger partial charge is 0.493 e. The van der Waals surface area contributed by atoms with Crippen molar-refractivity contribution in [2.24, 2.45) is 5.14 Å². The van der Waals surface area contributed by atoms with E-state index in [0.717, 1.165) is 30.6 Å². The Morgan fingerprint density at radius 1 is 1.17 bits per heavy atom. The minimum atomic E-state index is -3.66. The second-order valence-corrected chi connectivity index (χ2v) is 5.94. The van der Waals surface area contributed by atoms with Gasteiger partial charge in [-0.25, -0.2) is 13.6 Å². The van der Waals surface area contributed by atoms with Gasteiger partial charge in [-0.2, -0.15) is 0 Å². The SMILES string of the molecule is CCCCCOc1ccc(S(N)(=O)=O)c(C)c1C. The van der Waals surface area contributed by atoms with E-state index < -0.39 is 10.0 Å². The molecule has 2 N–H and O–H groups in total. The standard InChI is InChI=1S/C13H21NO3S/c1-4-5-6-9-17-12-7-8-13(18(14,15)16)11(3)10(12)2/h7-8H,4-6,9H2,1-3H3,(H2,14,15,16). The van der Waals surface area contributed by atoms with Crippen LogP contribution in [-0.4, -0.2) is 15.0 Å². The third-order valence-electron chi connectivity index (χ3n) is 3.00. The maximum absolute atomic E-state index is 11.4. The highest BCUT2D eigenvalue weighted by molar-refractivity contribution is 7.89. The molecular formula is C13H21NO3S. The van der Waals surface area contributed by atoms with Gasteiger partial charge in [0.25, 0.3) is 0 Å². The molecule has 102 valence electrons. The average Bonchev–Trinajstić information content (AvgIpc) is 2.28. The van der Waals surface area contributed by atoms with Crippen LogP contribution in [-0.2, 0) is 10.0 Å². The van der Waals surface area contributed by atoms with E-state index in [1.807, 2.05) is 6.92 Å². The third kappa shape index (κ3) is 3.71. The lowest BCUT2D eigenvalue weighted by Gasteiger charge is -2.13. The first-order chi connectivity index (χ1) is 8.38. The van der Waals surface area contributed by atoms with Gasteiger partial charge in [-0.1, -0.05) is 19.8 Å². The molecular weight excluding hydrogens is 250 g/mol. The summed E-state index contributed by atoms with van der Waals surface area (Å²) in [5.74, 6) is 0.732. The molecule has 0 fully saturated rings. The van der Waals surface area contributed by atoms with Crippen molar-refractivity contribution in [1.29, 1.82) is 0 Å². The summed E-state index contributed by atoms with van der Waals surface area (Å²) in [7, 11) is -3.66. The number of rotatable bonds is 6. The summed E-state index contributed by atoms with van der Waals surface area (Å²) in [5.41, 5.74) is 1.49. The minimum absolute atomic E-state index is 0.168. The van der Waals surface area contributed by atoms with Crippen molar-refractivity contribution in [3.63, 3.8) is 0 Å². The summed E-state index contributed by atoms with van der Waals surface area (Å²) in [4.78, 5) is 0.168. The molecule has 0 radical (unpaired) electrons. The highest BCUT2D eigenvalue weighted by Gasteiger charge is 2.15. The van der Waals surface area contributed by atoms with Gasteiger partial charge in [0.15, 0.2) is 0 Å². The monoisotopic (exact) mass is 271 g/mol. The lowest BCUT2D eigenvalue weighted by molar-refractivity contribution is 0.304. The maximum Gasteiger partial charge on any atom is 0.238 e.